The van der Waals surface area contributed by atoms with Gasteiger partial charge in [-0.05, 0) is 37.2 Å². The lowest BCUT2D eigenvalue weighted by Gasteiger charge is -2.26. The second kappa shape index (κ2) is 9.65. The highest BCUT2D eigenvalue weighted by atomic mass is 35.5. The van der Waals surface area contributed by atoms with Gasteiger partial charge < -0.3 is 10.1 Å². The Morgan fingerprint density at radius 1 is 1.13 bits per heavy atom. The van der Waals surface area contributed by atoms with Crippen LogP contribution in [0.3, 0.4) is 0 Å². The molecule has 23 heavy (non-hydrogen) atoms. The van der Waals surface area contributed by atoms with E-state index in [1.807, 2.05) is 0 Å². The summed E-state index contributed by atoms with van der Waals surface area (Å²) >= 11 is 5.79. The smallest absolute Gasteiger partial charge is 0.220 e. The number of Topliss-reactive ketones (excluding diaryl/α,β-unsaturated/α-hetero) is 1. The topological polar surface area (TPSA) is 58.6 Å². The molecule has 0 bridgehead atoms. The fraction of sp³-hybridized carbons (Fsp3) is 0.529. The molecule has 0 radical (unpaired) electrons. The molecule has 126 valence electrons. The van der Waals surface area contributed by atoms with Crippen LogP contribution in [0.25, 0.3) is 0 Å². The van der Waals surface area contributed by atoms with Gasteiger partial charge in [-0.2, -0.15) is 0 Å². The summed E-state index contributed by atoms with van der Waals surface area (Å²) in [7, 11) is 0. The van der Waals surface area contributed by atoms with E-state index in [4.69, 9.17) is 16.3 Å². The van der Waals surface area contributed by atoms with Gasteiger partial charge in [-0.25, -0.2) is 0 Å². The molecule has 5 nitrogen and oxygen atoms in total. The Morgan fingerprint density at radius 2 is 1.83 bits per heavy atom. The van der Waals surface area contributed by atoms with E-state index in [1.54, 1.807) is 24.3 Å². The first-order valence-electron chi connectivity index (χ1n) is 8.01. The van der Waals surface area contributed by atoms with Crippen molar-refractivity contribution in [1.29, 1.82) is 0 Å². The first kappa shape index (κ1) is 17.9. The number of morpholine rings is 1. The molecule has 1 amide bonds. The highest BCUT2D eigenvalue weighted by Gasteiger charge is 2.11. The number of hydrogen-bond acceptors (Lipinski definition) is 4. The molecular weight excluding hydrogens is 316 g/mol. The maximum atomic E-state index is 12.0. The predicted octanol–water partition coefficient (Wildman–Crippen LogP) is 2.14. The van der Waals surface area contributed by atoms with Crippen LogP contribution in [0.1, 0.15) is 29.6 Å². The molecule has 0 unspecified atom stereocenters. The summed E-state index contributed by atoms with van der Waals surface area (Å²) in [6.07, 6.45) is 1.35. The first-order valence-corrected chi connectivity index (χ1v) is 8.38. The van der Waals surface area contributed by atoms with Crippen molar-refractivity contribution in [3.63, 3.8) is 0 Å². The minimum absolute atomic E-state index is 0.0369. The Balaban J connectivity index is 1.57. The summed E-state index contributed by atoms with van der Waals surface area (Å²) in [6.45, 7) is 5.12. The molecule has 2 rings (SSSR count). The van der Waals surface area contributed by atoms with Crippen molar-refractivity contribution in [2.24, 2.45) is 0 Å². The fourth-order valence-electron chi connectivity index (χ4n) is 2.45. The summed E-state index contributed by atoms with van der Waals surface area (Å²) in [5.41, 5.74) is 0.592. The minimum atomic E-state index is -0.0747. The zero-order chi connectivity index (χ0) is 16.5. The second-order valence-electron chi connectivity index (χ2n) is 5.59. The number of benzene rings is 1. The van der Waals surface area contributed by atoms with E-state index in [2.05, 4.69) is 10.2 Å². The van der Waals surface area contributed by atoms with Crippen LogP contribution in [-0.4, -0.2) is 56.0 Å². The lowest BCUT2D eigenvalue weighted by atomic mass is 10.1. The Bertz CT molecular complexity index is 513. The molecule has 1 saturated heterocycles. The van der Waals surface area contributed by atoms with Crippen LogP contribution in [0, 0.1) is 0 Å². The van der Waals surface area contributed by atoms with E-state index in [0.717, 1.165) is 39.3 Å². The third kappa shape index (κ3) is 6.69. The van der Waals surface area contributed by atoms with Crippen LogP contribution in [0.15, 0.2) is 24.3 Å². The summed E-state index contributed by atoms with van der Waals surface area (Å²) in [5, 5.41) is 3.46. The van der Waals surface area contributed by atoms with E-state index in [-0.39, 0.29) is 24.5 Å². The third-order valence-electron chi connectivity index (χ3n) is 3.82. The van der Waals surface area contributed by atoms with Crippen molar-refractivity contribution in [2.45, 2.75) is 19.3 Å². The normalized spacial score (nSPS) is 15.3. The fourth-order valence-corrected chi connectivity index (χ4v) is 2.58. The van der Waals surface area contributed by atoms with Gasteiger partial charge in [0.2, 0.25) is 5.91 Å². The van der Waals surface area contributed by atoms with Crippen molar-refractivity contribution in [2.75, 3.05) is 39.4 Å². The van der Waals surface area contributed by atoms with Gasteiger partial charge >= 0.3 is 0 Å². The Hall–Kier alpha value is -1.43. The van der Waals surface area contributed by atoms with Crippen molar-refractivity contribution in [1.82, 2.24) is 10.2 Å². The maximum Gasteiger partial charge on any atom is 0.220 e. The number of nitrogens with one attached hydrogen (secondary N) is 1. The molecule has 1 N–H and O–H groups in total. The van der Waals surface area contributed by atoms with Crippen molar-refractivity contribution >= 4 is 23.3 Å². The summed E-state index contributed by atoms with van der Waals surface area (Å²) in [5.74, 6) is -0.112. The molecule has 0 saturated carbocycles. The quantitative estimate of drug-likeness (QED) is 0.583. The highest BCUT2D eigenvalue weighted by molar-refractivity contribution is 6.30. The highest BCUT2D eigenvalue weighted by Crippen LogP contribution is 2.11. The zero-order valence-electron chi connectivity index (χ0n) is 13.2. The molecule has 1 heterocycles. The lowest BCUT2D eigenvalue weighted by molar-refractivity contribution is -0.121. The van der Waals surface area contributed by atoms with Crippen molar-refractivity contribution in [3.8, 4) is 0 Å². The van der Waals surface area contributed by atoms with E-state index >= 15 is 0 Å². The lowest BCUT2D eigenvalue weighted by Crippen LogP contribution is -2.38. The number of hydrogen-bond donors (Lipinski definition) is 1. The molecule has 1 aromatic rings. The van der Waals surface area contributed by atoms with Gasteiger partial charge in [0.25, 0.3) is 0 Å². The van der Waals surface area contributed by atoms with Gasteiger partial charge in [0.1, 0.15) is 0 Å². The number of ketones is 1. The van der Waals surface area contributed by atoms with E-state index in [9.17, 15) is 9.59 Å². The maximum absolute atomic E-state index is 12.0. The standard InChI is InChI=1S/C17H23ClN2O3/c18-15-4-2-14(3-5-15)16(21)6-7-17(22)19-8-1-9-20-10-12-23-13-11-20/h2-5H,1,6-13H2,(H,19,22). The van der Waals surface area contributed by atoms with Gasteiger partial charge in [0.05, 0.1) is 13.2 Å². The average molecular weight is 339 g/mol. The molecule has 0 spiro atoms. The predicted molar refractivity (Wildman–Crippen MR) is 89.9 cm³/mol. The summed E-state index contributed by atoms with van der Waals surface area (Å²) in [4.78, 5) is 26.1. The van der Waals surface area contributed by atoms with E-state index in [1.165, 1.54) is 0 Å². The third-order valence-corrected chi connectivity index (χ3v) is 4.07. The number of amides is 1. The van der Waals surface area contributed by atoms with Gasteiger partial charge in [-0.3, -0.25) is 14.5 Å². The SMILES string of the molecule is O=C(CCC(=O)c1ccc(Cl)cc1)NCCCN1CCOCC1. The van der Waals surface area contributed by atoms with Crippen LogP contribution in [0.5, 0.6) is 0 Å². The zero-order valence-corrected chi connectivity index (χ0v) is 14.0. The van der Waals surface area contributed by atoms with Crippen LogP contribution in [0.2, 0.25) is 5.02 Å². The number of carbonyl (C=O) groups excluding carboxylic acids is 2. The number of halogens is 1. The van der Waals surface area contributed by atoms with Gasteiger partial charge in [0.15, 0.2) is 5.78 Å². The van der Waals surface area contributed by atoms with Gasteiger partial charge in [-0.1, -0.05) is 11.6 Å². The molecule has 1 aromatic carbocycles. The van der Waals surface area contributed by atoms with E-state index < -0.39 is 0 Å². The average Bonchev–Trinajstić information content (AvgIpc) is 2.58. The molecule has 0 atom stereocenters. The molecule has 1 aliphatic heterocycles. The van der Waals surface area contributed by atoms with Crippen LogP contribution < -0.4 is 5.32 Å². The molecule has 1 fully saturated rings. The second-order valence-corrected chi connectivity index (χ2v) is 6.02. The largest absolute Gasteiger partial charge is 0.379 e. The van der Waals surface area contributed by atoms with Crippen molar-refractivity contribution < 1.29 is 14.3 Å². The Kier molecular flexibility index (Phi) is 7.52. The van der Waals surface area contributed by atoms with Crippen molar-refractivity contribution in [3.05, 3.63) is 34.9 Å². The summed E-state index contributed by atoms with van der Waals surface area (Å²) < 4.78 is 5.29. The number of carbonyl (C=O) groups is 2. The molecule has 6 heteroatoms. The first-order chi connectivity index (χ1) is 11.1. The molecule has 0 aliphatic carbocycles. The van der Waals surface area contributed by atoms with Gasteiger partial charge in [-0.15, -0.1) is 0 Å². The molecular formula is C17H23ClN2O3. The number of rotatable bonds is 8. The van der Waals surface area contributed by atoms with Crippen LogP contribution in [0.4, 0.5) is 0 Å². The Morgan fingerprint density at radius 3 is 2.52 bits per heavy atom. The minimum Gasteiger partial charge on any atom is -0.379 e. The number of ether oxygens (including phenoxy) is 1. The van der Waals surface area contributed by atoms with Crippen LogP contribution in [-0.2, 0) is 9.53 Å². The van der Waals surface area contributed by atoms with Crippen LogP contribution >= 0.6 is 11.6 Å². The van der Waals surface area contributed by atoms with E-state index in [0.29, 0.717) is 17.1 Å². The van der Waals surface area contributed by atoms with Gasteiger partial charge in [0, 0.05) is 43.1 Å². The molecule has 0 aromatic heterocycles. The number of nitrogens with zero attached hydrogens (tertiary/aromatic N) is 1. The summed E-state index contributed by atoms with van der Waals surface area (Å²) in [6, 6.07) is 6.73. The molecule has 1 aliphatic rings. The monoisotopic (exact) mass is 338 g/mol. The Labute approximate surface area is 141 Å².